The van der Waals surface area contributed by atoms with Crippen molar-refractivity contribution in [3.8, 4) is 5.75 Å². The van der Waals surface area contributed by atoms with Gasteiger partial charge in [0.2, 0.25) is 0 Å². The molecule has 0 amide bonds. The largest absolute Gasteiger partial charge is 0.508 e. The Morgan fingerprint density at radius 2 is 2.08 bits per heavy atom. The van der Waals surface area contributed by atoms with Crippen LogP contribution in [0.3, 0.4) is 0 Å². The fourth-order valence-electron chi connectivity index (χ4n) is 4.02. The molecule has 0 spiro atoms. The normalized spacial score (nSPS) is 20.5. The van der Waals surface area contributed by atoms with Gasteiger partial charge in [-0.05, 0) is 42.3 Å². The molecular formula is C21H20N2O3. The van der Waals surface area contributed by atoms with Crippen LogP contribution >= 0.6 is 0 Å². The second-order valence-electron chi connectivity index (χ2n) is 7.12. The molecule has 26 heavy (non-hydrogen) atoms. The summed E-state index contributed by atoms with van der Waals surface area (Å²) in [4.78, 5) is 4.81. The number of phenols is 1. The minimum Gasteiger partial charge on any atom is -0.508 e. The Labute approximate surface area is 150 Å². The second-order valence-corrected chi connectivity index (χ2v) is 7.12. The molecule has 1 aromatic carbocycles. The number of nitrogens with zero attached hydrogens (tertiary/aromatic N) is 2. The highest BCUT2D eigenvalue weighted by atomic mass is 16.5. The lowest BCUT2D eigenvalue weighted by atomic mass is 9.86. The van der Waals surface area contributed by atoms with Crippen LogP contribution in [-0.4, -0.2) is 26.2 Å². The topological polar surface area (TPSA) is 67.0 Å². The van der Waals surface area contributed by atoms with Gasteiger partial charge in [0.25, 0.3) is 0 Å². The van der Waals surface area contributed by atoms with Crippen LogP contribution in [0.1, 0.15) is 30.9 Å². The van der Waals surface area contributed by atoms with Crippen LogP contribution in [0.5, 0.6) is 5.75 Å². The Hall–Kier alpha value is -2.63. The molecule has 0 fully saturated rings. The van der Waals surface area contributed by atoms with E-state index in [-0.39, 0.29) is 5.75 Å². The van der Waals surface area contributed by atoms with Gasteiger partial charge in [0.15, 0.2) is 0 Å². The van der Waals surface area contributed by atoms with Crippen molar-refractivity contribution in [2.75, 3.05) is 6.61 Å². The van der Waals surface area contributed by atoms with E-state index in [1.807, 2.05) is 31.5 Å². The second kappa shape index (κ2) is 5.43. The van der Waals surface area contributed by atoms with Gasteiger partial charge < -0.3 is 19.4 Å². The average molecular weight is 348 g/mol. The monoisotopic (exact) mass is 348 g/mol. The summed E-state index contributed by atoms with van der Waals surface area (Å²) in [6.07, 6.45) is 5.33. The predicted molar refractivity (Wildman–Crippen MR) is 100 cm³/mol. The maximum absolute atomic E-state index is 11.1. The Morgan fingerprint density at radius 3 is 2.92 bits per heavy atom. The fourth-order valence-corrected chi connectivity index (χ4v) is 4.02. The van der Waals surface area contributed by atoms with Gasteiger partial charge >= 0.3 is 0 Å². The number of phenolic OH excluding ortho intramolecular Hbond substituents is 1. The van der Waals surface area contributed by atoms with E-state index < -0.39 is 5.60 Å². The Kier molecular flexibility index (Phi) is 3.26. The highest BCUT2D eigenvalue weighted by molar-refractivity contribution is 6.01. The SMILES string of the molecule is CCC1(O)CCOCc2cn3cc4cc5cc(O)ccc5nc4c3cc21. The van der Waals surface area contributed by atoms with Crippen LogP contribution in [0, 0.1) is 0 Å². The summed E-state index contributed by atoms with van der Waals surface area (Å²) in [5.74, 6) is 0.235. The van der Waals surface area contributed by atoms with E-state index in [9.17, 15) is 10.2 Å². The first-order valence-corrected chi connectivity index (χ1v) is 8.95. The summed E-state index contributed by atoms with van der Waals surface area (Å²) in [6, 6.07) is 9.31. The summed E-state index contributed by atoms with van der Waals surface area (Å²) < 4.78 is 7.76. The summed E-state index contributed by atoms with van der Waals surface area (Å²) in [6.45, 7) is 3.07. The first-order chi connectivity index (χ1) is 12.6. The van der Waals surface area contributed by atoms with E-state index in [1.54, 1.807) is 12.1 Å². The van der Waals surface area contributed by atoms with Crippen molar-refractivity contribution in [3.05, 3.63) is 53.9 Å². The lowest BCUT2D eigenvalue weighted by Crippen LogP contribution is -2.26. The molecule has 3 aromatic heterocycles. The van der Waals surface area contributed by atoms with Crippen LogP contribution < -0.4 is 0 Å². The van der Waals surface area contributed by atoms with Gasteiger partial charge in [0.1, 0.15) is 5.75 Å². The van der Waals surface area contributed by atoms with Crippen molar-refractivity contribution in [2.45, 2.75) is 32.0 Å². The molecule has 132 valence electrons. The molecule has 0 saturated heterocycles. The van der Waals surface area contributed by atoms with Crippen LogP contribution in [0.25, 0.3) is 27.3 Å². The minimum atomic E-state index is -0.868. The molecule has 5 nitrogen and oxygen atoms in total. The molecule has 1 atom stereocenters. The molecule has 4 aromatic rings. The Bertz CT molecular complexity index is 1160. The molecule has 1 unspecified atom stereocenters. The van der Waals surface area contributed by atoms with E-state index in [1.165, 1.54) is 0 Å². The molecule has 0 aliphatic carbocycles. The van der Waals surface area contributed by atoms with Gasteiger partial charge in [-0.1, -0.05) is 6.92 Å². The van der Waals surface area contributed by atoms with E-state index in [2.05, 4.69) is 10.5 Å². The maximum Gasteiger partial charge on any atom is 0.116 e. The van der Waals surface area contributed by atoms with Gasteiger partial charge in [0, 0.05) is 35.2 Å². The number of fused-ring (bicyclic) bond motifs is 5. The zero-order chi connectivity index (χ0) is 17.9. The Morgan fingerprint density at radius 1 is 1.19 bits per heavy atom. The lowest BCUT2D eigenvalue weighted by Gasteiger charge is -2.27. The first-order valence-electron chi connectivity index (χ1n) is 8.95. The van der Waals surface area contributed by atoms with E-state index in [4.69, 9.17) is 9.72 Å². The zero-order valence-electron chi connectivity index (χ0n) is 14.6. The number of aromatic hydroxyl groups is 1. The summed E-state index contributed by atoms with van der Waals surface area (Å²) in [7, 11) is 0. The molecule has 0 saturated carbocycles. The third-order valence-corrected chi connectivity index (χ3v) is 5.55. The smallest absolute Gasteiger partial charge is 0.116 e. The molecule has 1 aliphatic heterocycles. The van der Waals surface area contributed by atoms with Crippen LogP contribution in [0.2, 0.25) is 0 Å². The van der Waals surface area contributed by atoms with Crippen LogP contribution in [-0.2, 0) is 16.9 Å². The van der Waals surface area contributed by atoms with Gasteiger partial charge in [-0.3, -0.25) is 0 Å². The molecule has 4 heterocycles. The van der Waals surface area contributed by atoms with Crippen molar-refractivity contribution in [1.82, 2.24) is 9.38 Å². The number of hydrogen-bond acceptors (Lipinski definition) is 4. The number of pyridine rings is 2. The number of aliphatic hydroxyl groups is 1. The molecule has 0 bridgehead atoms. The van der Waals surface area contributed by atoms with Crippen molar-refractivity contribution in [3.63, 3.8) is 0 Å². The third kappa shape index (κ3) is 2.21. The number of aromatic nitrogens is 2. The molecule has 2 N–H and O–H groups in total. The number of benzene rings is 1. The van der Waals surface area contributed by atoms with E-state index >= 15 is 0 Å². The molecule has 0 radical (unpaired) electrons. The van der Waals surface area contributed by atoms with E-state index in [0.717, 1.165) is 38.4 Å². The Balaban J connectivity index is 1.84. The number of ether oxygens (including phenoxy) is 1. The average Bonchev–Trinajstić information content (AvgIpc) is 2.89. The van der Waals surface area contributed by atoms with Crippen molar-refractivity contribution in [2.24, 2.45) is 0 Å². The zero-order valence-corrected chi connectivity index (χ0v) is 14.6. The lowest BCUT2D eigenvalue weighted by molar-refractivity contribution is 0.00232. The first kappa shape index (κ1) is 15.6. The van der Waals surface area contributed by atoms with Gasteiger partial charge in [-0.2, -0.15) is 0 Å². The highest BCUT2D eigenvalue weighted by Crippen LogP contribution is 2.37. The van der Waals surface area contributed by atoms with Gasteiger partial charge in [-0.15, -0.1) is 0 Å². The third-order valence-electron chi connectivity index (χ3n) is 5.55. The molecule has 5 heteroatoms. The highest BCUT2D eigenvalue weighted by Gasteiger charge is 2.32. The maximum atomic E-state index is 11.1. The van der Waals surface area contributed by atoms with Crippen LogP contribution in [0.15, 0.2) is 42.7 Å². The molecule has 1 aliphatic rings. The summed E-state index contributed by atoms with van der Waals surface area (Å²) >= 11 is 0. The predicted octanol–water partition coefficient (Wildman–Crippen LogP) is 3.86. The summed E-state index contributed by atoms with van der Waals surface area (Å²) in [5.41, 5.74) is 3.80. The van der Waals surface area contributed by atoms with Gasteiger partial charge in [-0.25, -0.2) is 4.98 Å². The van der Waals surface area contributed by atoms with Crippen molar-refractivity contribution >= 4 is 27.3 Å². The fraction of sp³-hybridized carbons (Fsp3) is 0.286. The quantitative estimate of drug-likeness (QED) is 0.548. The van der Waals surface area contributed by atoms with E-state index in [0.29, 0.717) is 26.1 Å². The number of hydrogen-bond donors (Lipinski definition) is 2. The molecule has 5 rings (SSSR count). The minimum absolute atomic E-state index is 0.235. The van der Waals surface area contributed by atoms with Crippen molar-refractivity contribution < 1.29 is 14.9 Å². The number of rotatable bonds is 1. The van der Waals surface area contributed by atoms with Crippen LogP contribution in [0.4, 0.5) is 0 Å². The summed E-state index contributed by atoms with van der Waals surface area (Å²) in [5, 5.41) is 22.8. The van der Waals surface area contributed by atoms with Crippen molar-refractivity contribution in [1.29, 1.82) is 0 Å². The molecular weight excluding hydrogens is 328 g/mol. The standard InChI is InChI=1S/C21H20N2O3/c1-2-21(25)5-6-26-12-15-11-23-10-14-7-13-8-16(24)3-4-18(13)22-20(14)19(23)9-17(15)21/h3-4,7-11,24-25H,2,5-6,12H2,1H3. The van der Waals surface area contributed by atoms with Gasteiger partial charge in [0.05, 0.1) is 35.4 Å².